The van der Waals surface area contributed by atoms with E-state index < -0.39 is 0 Å². The molecular formula is C22H29N3O3. The van der Waals surface area contributed by atoms with Crippen LogP contribution in [0.1, 0.15) is 85.4 Å². The van der Waals surface area contributed by atoms with Crippen LogP contribution in [0.15, 0.2) is 18.2 Å². The van der Waals surface area contributed by atoms with E-state index in [2.05, 4.69) is 12.2 Å². The summed E-state index contributed by atoms with van der Waals surface area (Å²) in [5.41, 5.74) is 1.45. The van der Waals surface area contributed by atoms with E-state index in [4.69, 9.17) is 0 Å². The minimum absolute atomic E-state index is 0.0119. The topological polar surface area (TPSA) is 69.7 Å². The van der Waals surface area contributed by atoms with Crippen LogP contribution in [0.2, 0.25) is 0 Å². The van der Waals surface area contributed by atoms with Crippen LogP contribution in [-0.4, -0.2) is 46.3 Å². The molecule has 0 aromatic heterocycles. The van der Waals surface area contributed by atoms with Crippen LogP contribution in [0.4, 0.5) is 10.5 Å². The average molecular weight is 383 g/mol. The van der Waals surface area contributed by atoms with Crippen molar-refractivity contribution < 1.29 is 14.4 Å². The van der Waals surface area contributed by atoms with E-state index >= 15 is 0 Å². The van der Waals surface area contributed by atoms with Gasteiger partial charge in [-0.05, 0) is 56.7 Å². The molecule has 1 atom stereocenters. The molecule has 0 bridgehead atoms. The quantitative estimate of drug-likeness (QED) is 0.786. The number of piperidine rings is 1. The second-order valence-electron chi connectivity index (χ2n) is 8.21. The minimum atomic E-state index is -0.215. The molecule has 1 aromatic rings. The minimum Gasteiger partial charge on any atom is -0.322 e. The van der Waals surface area contributed by atoms with E-state index in [1.54, 1.807) is 18.2 Å². The number of nitrogens with zero attached hydrogens (tertiary/aromatic N) is 2. The molecule has 1 aromatic carbocycles. The fraction of sp³-hybridized carbons (Fsp3) is 0.591. The second-order valence-corrected chi connectivity index (χ2v) is 8.21. The molecule has 0 spiro atoms. The van der Waals surface area contributed by atoms with Gasteiger partial charge in [0.2, 0.25) is 0 Å². The van der Waals surface area contributed by atoms with E-state index in [9.17, 15) is 14.4 Å². The number of likely N-dealkylation sites (tertiary alicyclic amines) is 1. The lowest BCUT2D eigenvalue weighted by Crippen LogP contribution is -2.45. The first-order chi connectivity index (χ1) is 13.6. The summed E-state index contributed by atoms with van der Waals surface area (Å²) < 4.78 is 0. The Morgan fingerprint density at radius 3 is 2.46 bits per heavy atom. The van der Waals surface area contributed by atoms with Gasteiger partial charge in [0.1, 0.15) is 0 Å². The summed E-state index contributed by atoms with van der Waals surface area (Å²) in [6.45, 7) is 2.87. The SMILES string of the molecule is CCC1CCCCN1C(=O)Nc1ccc2c(c1)C(=O)N(C1CCCCC1)C2=O. The van der Waals surface area contributed by atoms with Crippen molar-refractivity contribution >= 4 is 23.5 Å². The number of nitrogens with one attached hydrogen (secondary N) is 1. The number of hydrogen-bond acceptors (Lipinski definition) is 3. The molecule has 4 amide bonds. The molecule has 2 heterocycles. The maximum atomic E-state index is 12.9. The molecule has 1 unspecified atom stereocenters. The molecule has 2 aliphatic heterocycles. The van der Waals surface area contributed by atoms with E-state index in [1.165, 1.54) is 11.3 Å². The van der Waals surface area contributed by atoms with Gasteiger partial charge in [-0.3, -0.25) is 14.5 Å². The third-order valence-corrected chi connectivity index (χ3v) is 6.47. The zero-order chi connectivity index (χ0) is 19.7. The van der Waals surface area contributed by atoms with E-state index in [0.29, 0.717) is 16.8 Å². The molecule has 3 aliphatic rings. The number of rotatable bonds is 3. The monoisotopic (exact) mass is 383 g/mol. The van der Waals surface area contributed by atoms with Crippen LogP contribution in [0, 0.1) is 0 Å². The first-order valence-electron chi connectivity index (χ1n) is 10.7. The zero-order valence-corrected chi connectivity index (χ0v) is 16.6. The number of imide groups is 1. The van der Waals surface area contributed by atoms with E-state index in [0.717, 1.165) is 57.9 Å². The summed E-state index contributed by atoms with van der Waals surface area (Å²) in [5, 5.41) is 2.94. The molecule has 1 N–H and O–H groups in total. The van der Waals surface area contributed by atoms with Crippen LogP contribution in [-0.2, 0) is 0 Å². The van der Waals surface area contributed by atoms with Crippen LogP contribution in [0.25, 0.3) is 0 Å². The molecule has 6 nitrogen and oxygen atoms in total. The number of urea groups is 1. The Labute approximate surface area is 166 Å². The largest absolute Gasteiger partial charge is 0.322 e. The Hall–Kier alpha value is -2.37. The molecule has 28 heavy (non-hydrogen) atoms. The molecule has 1 aliphatic carbocycles. The first-order valence-corrected chi connectivity index (χ1v) is 10.7. The third-order valence-electron chi connectivity index (χ3n) is 6.47. The van der Waals surface area contributed by atoms with Gasteiger partial charge in [-0.25, -0.2) is 4.79 Å². The first kappa shape index (κ1) is 19.0. The lowest BCUT2D eigenvalue weighted by Gasteiger charge is -2.35. The fourth-order valence-corrected chi connectivity index (χ4v) is 4.90. The van der Waals surface area contributed by atoms with Crippen molar-refractivity contribution in [3.63, 3.8) is 0 Å². The highest BCUT2D eigenvalue weighted by Gasteiger charge is 2.40. The maximum Gasteiger partial charge on any atom is 0.322 e. The predicted octanol–water partition coefficient (Wildman–Crippen LogP) is 4.41. The number of anilines is 1. The summed E-state index contributed by atoms with van der Waals surface area (Å²) in [7, 11) is 0. The highest BCUT2D eigenvalue weighted by molar-refractivity contribution is 6.22. The molecule has 4 rings (SSSR count). The van der Waals surface area contributed by atoms with Gasteiger partial charge in [0, 0.05) is 24.3 Å². The van der Waals surface area contributed by atoms with Gasteiger partial charge in [-0.2, -0.15) is 0 Å². The maximum absolute atomic E-state index is 12.9. The lowest BCUT2D eigenvalue weighted by atomic mass is 9.94. The van der Waals surface area contributed by atoms with Crippen LogP contribution >= 0.6 is 0 Å². The van der Waals surface area contributed by atoms with Crippen molar-refractivity contribution in [3.05, 3.63) is 29.3 Å². The standard InChI is InChI=1S/C22H29N3O3/c1-2-16-8-6-7-13-24(16)22(28)23-15-11-12-18-19(14-15)21(27)25(20(18)26)17-9-4-3-5-10-17/h11-12,14,16-17H,2-10,13H2,1H3,(H,23,28). The van der Waals surface area contributed by atoms with E-state index in [-0.39, 0.29) is 29.9 Å². The molecule has 0 radical (unpaired) electrons. The van der Waals surface area contributed by atoms with Crippen molar-refractivity contribution in [2.45, 2.75) is 76.8 Å². The number of amides is 4. The van der Waals surface area contributed by atoms with Gasteiger partial charge in [0.15, 0.2) is 0 Å². The van der Waals surface area contributed by atoms with Crippen molar-refractivity contribution in [1.29, 1.82) is 0 Å². The van der Waals surface area contributed by atoms with Gasteiger partial charge < -0.3 is 10.2 Å². The van der Waals surface area contributed by atoms with Gasteiger partial charge in [0.05, 0.1) is 11.1 Å². The Morgan fingerprint density at radius 1 is 1.00 bits per heavy atom. The molecule has 1 saturated carbocycles. The van der Waals surface area contributed by atoms with Crippen molar-refractivity contribution in [2.24, 2.45) is 0 Å². The molecule has 2 fully saturated rings. The van der Waals surface area contributed by atoms with Gasteiger partial charge in [0.25, 0.3) is 11.8 Å². The van der Waals surface area contributed by atoms with Crippen molar-refractivity contribution in [2.75, 3.05) is 11.9 Å². The van der Waals surface area contributed by atoms with Gasteiger partial charge in [-0.15, -0.1) is 0 Å². The van der Waals surface area contributed by atoms with Crippen LogP contribution in [0.5, 0.6) is 0 Å². The molecule has 1 saturated heterocycles. The molecular weight excluding hydrogens is 354 g/mol. The number of hydrogen-bond donors (Lipinski definition) is 1. The van der Waals surface area contributed by atoms with Gasteiger partial charge >= 0.3 is 6.03 Å². The zero-order valence-electron chi connectivity index (χ0n) is 16.6. The highest BCUT2D eigenvalue weighted by Crippen LogP contribution is 2.32. The van der Waals surface area contributed by atoms with Crippen LogP contribution in [0.3, 0.4) is 0 Å². The Morgan fingerprint density at radius 2 is 1.71 bits per heavy atom. The fourth-order valence-electron chi connectivity index (χ4n) is 4.90. The van der Waals surface area contributed by atoms with Crippen molar-refractivity contribution in [1.82, 2.24) is 9.80 Å². The highest BCUT2D eigenvalue weighted by atomic mass is 16.2. The second kappa shape index (κ2) is 7.94. The summed E-state index contributed by atoms with van der Waals surface area (Å²) in [5.74, 6) is -0.403. The Kier molecular flexibility index (Phi) is 5.38. The van der Waals surface area contributed by atoms with Gasteiger partial charge in [-0.1, -0.05) is 26.2 Å². The summed E-state index contributed by atoms with van der Waals surface area (Å²) >= 11 is 0. The normalized spacial score (nSPS) is 23.1. The Balaban J connectivity index is 1.51. The molecule has 150 valence electrons. The average Bonchev–Trinajstić information content (AvgIpc) is 2.98. The Bertz CT molecular complexity index is 785. The summed E-state index contributed by atoms with van der Waals surface area (Å²) in [6.07, 6.45) is 9.25. The smallest absolute Gasteiger partial charge is 0.322 e. The van der Waals surface area contributed by atoms with E-state index in [1.807, 2.05) is 4.90 Å². The lowest BCUT2D eigenvalue weighted by molar-refractivity contribution is 0.0549. The predicted molar refractivity (Wildman–Crippen MR) is 107 cm³/mol. The van der Waals surface area contributed by atoms with Crippen molar-refractivity contribution in [3.8, 4) is 0 Å². The third kappa shape index (κ3) is 3.40. The number of benzene rings is 1. The number of fused-ring (bicyclic) bond motifs is 1. The molecule has 6 heteroatoms. The number of carbonyl (C=O) groups is 3. The summed E-state index contributed by atoms with van der Waals surface area (Å²) in [6, 6.07) is 5.25. The van der Waals surface area contributed by atoms with Crippen LogP contribution < -0.4 is 5.32 Å². The number of carbonyl (C=O) groups excluding carboxylic acids is 3. The summed E-state index contributed by atoms with van der Waals surface area (Å²) in [4.78, 5) is 41.8.